The summed E-state index contributed by atoms with van der Waals surface area (Å²) in [5, 5.41) is 5.48. The molecule has 0 spiro atoms. The van der Waals surface area contributed by atoms with Crippen LogP contribution in [0.25, 0.3) is 0 Å². The summed E-state index contributed by atoms with van der Waals surface area (Å²) in [5.74, 6) is -0.550. The first-order chi connectivity index (χ1) is 12.3. The average molecular weight is 370 g/mol. The molecule has 0 aliphatic carbocycles. The minimum atomic E-state index is -4.45. The Morgan fingerprint density at radius 1 is 1.19 bits per heavy atom. The smallest absolute Gasteiger partial charge is 0.374 e. The van der Waals surface area contributed by atoms with E-state index in [-0.39, 0.29) is 30.6 Å². The Hall–Kier alpha value is -2.45. The Bertz CT molecular complexity index is 687. The lowest BCUT2D eigenvalue weighted by Crippen LogP contribution is -2.51. The number of amides is 2. The van der Waals surface area contributed by atoms with Crippen LogP contribution in [-0.2, 0) is 15.8 Å². The van der Waals surface area contributed by atoms with Gasteiger partial charge >= 0.3 is 6.18 Å². The van der Waals surface area contributed by atoms with Gasteiger partial charge in [0.1, 0.15) is 0 Å². The van der Waals surface area contributed by atoms with E-state index in [1.807, 2.05) is 4.90 Å². The standard InChI is InChI=1S/C17H21F3N4O2/c18-17(19,20)12-3-4-14(23-6-1-2-7-23)13(9-12)22-10-16(26)24-8-5-21-15(25)11-24/h3-4,9,22H,1-2,5-8,10-11H2,(H,21,25). The van der Waals surface area contributed by atoms with Crippen LogP contribution in [0, 0.1) is 0 Å². The quantitative estimate of drug-likeness (QED) is 0.847. The van der Waals surface area contributed by atoms with Crippen molar-refractivity contribution >= 4 is 23.2 Å². The van der Waals surface area contributed by atoms with Crippen LogP contribution in [0.15, 0.2) is 18.2 Å². The summed E-state index contributed by atoms with van der Waals surface area (Å²) in [6.45, 7) is 2.15. The SMILES string of the molecule is O=C1CN(C(=O)CNc2cc(C(F)(F)F)ccc2N2CCCC2)CCN1. The highest BCUT2D eigenvalue weighted by Crippen LogP contribution is 2.36. The van der Waals surface area contributed by atoms with Gasteiger partial charge in [0, 0.05) is 26.2 Å². The van der Waals surface area contributed by atoms with Gasteiger partial charge in [-0.15, -0.1) is 0 Å². The molecule has 0 aromatic heterocycles. The molecule has 2 aliphatic heterocycles. The van der Waals surface area contributed by atoms with Crippen molar-refractivity contribution in [2.24, 2.45) is 0 Å². The number of nitrogens with one attached hydrogen (secondary N) is 2. The molecule has 9 heteroatoms. The summed E-state index contributed by atoms with van der Waals surface area (Å²) in [7, 11) is 0. The number of piperazine rings is 1. The number of hydrogen-bond acceptors (Lipinski definition) is 4. The maximum absolute atomic E-state index is 13.0. The average Bonchev–Trinajstić information content (AvgIpc) is 3.13. The molecule has 3 rings (SSSR count). The molecule has 0 atom stereocenters. The van der Waals surface area contributed by atoms with Crippen LogP contribution in [-0.4, -0.2) is 56.0 Å². The van der Waals surface area contributed by atoms with Gasteiger partial charge in [-0.2, -0.15) is 13.2 Å². The van der Waals surface area contributed by atoms with Crippen molar-refractivity contribution in [3.05, 3.63) is 23.8 Å². The molecule has 1 aromatic rings. The zero-order chi connectivity index (χ0) is 18.7. The molecular weight excluding hydrogens is 349 g/mol. The fourth-order valence-electron chi connectivity index (χ4n) is 3.22. The second-order valence-electron chi connectivity index (χ2n) is 6.44. The van der Waals surface area contributed by atoms with E-state index >= 15 is 0 Å². The number of halogens is 3. The summed E-state index contributed by atoms with van der Waals surface area (Å²) < 4.78 is 39.1. The van der Waals surface area contributed by atoms with Gasteiger partial charge in [0.15, 0.2) is 0 Å². The lowest BCUT2D eigenvalue weighted by molar-refractivity contribution is -0.137. The third kappa shape index (κ3) is 4.20. The largest absolute Gasteiger partial charge is 0.416 e. The van der Waals surface area contributed by atoms with Gasteiger partial charge < -0.3 is 20.4 Å². The minimum Gasteiger partial charge on any atom is -0.374 e. The van der Waals surface area contributed by atoms with Gasteiger partial charge in [0.25, 0.3) is 0 Å². The van der Waals surface area contributed by atoms with Crippen molar-refractivity contribution in [1.29, 1.82) is 0 Å². The number of anilines is 2. The molecule has 0 bridgehead atoms. The molecule has 0 unspecified atom stereocenters. The van der Waals surface area contributed by atoms with Crippen molar-refractivity contribution in [3.63, 3.8) is 0 Å². The second kappa shape index (κ2) is 7.43. The van der Waals surface area contributed by atoms with Crippen LogP contribution in [0.5, 0.6) is 0 Å². The Labute approximate surface area is 149 Å². The zero-order valence-electron chi connectivity index (χ0n) is 14.2. The monoisotopic (exact) mass is 370 g/mol. The predicted molar refractivity (Wildman–Crippen MR) is 91.0 cm³/mol. The minimum absolute atomic E-state index is 0.0257. The first-order valence-corrected chi connectivity index (χ1v) is 8.59. The van der Waals surface area contributed by atoms with Crippen LogP contribution in [0.4, 0.5) is 24.5 Å². The Morgan fingerprint density at radius 2 is 1.92 bits per heavy atom. The van der Waals surface area contributed by atoms with E-state index in [0.29, 0.717) is 18.8 Å². The van der Waals surface area contributed by atoms with Crippen molar-refractivity contribution in [1.82, 2.24) is 10.2 Å². The normalized spacial score (nSPS) is 18.0. The molecular formula is C17H21F3N4O2. The Balaban J connectivity index is 1.75. The van der Waals surface area contributed by atoms with Gasteiger partial charge in [-0.3, -0.25) is 9.59 Å². The van der Waals surface area contributed by atoms with Gasteiger partial charge in [0.2, 0.25) is 11.8 Å². The molecule has 0 radical (unpaired) electrons. The van der Waals surface area contributed by atoms with Crippen molar-refractivity contribution in [3.8, 4) is 0 Å². The highest BCUT2D eigenvalue weighted by molar-refractivity contribution is 5.88. The Morgan fingerprint density at radius 3 is 2.58 bits per heavy atom. The highest BCUT2D eigenvalue weighted by atomic mass is 19.4. The molecule has 2 saturated heterocycles. The van der Waals surface area contributed by atoms with Crippen LogP contribution in [0.3, 0.4) is 0 Å². The third-order valence-corrected chi connectivity index (χ3v) is 4.59. The van der Waals surface area contributed by atoms with Crippen molar-refractivity contribution in [2.45, 2.75) is 19.0 Å². The van der Waals surface area contributed by atoms with E-state index in [1.165, 1.54) is 11.0 Å². The van der Waals surface area contributed by atoms with Gasteiger partial charge in [0.05, 0.1) is 30.0 Å². The summed E-state index contributed by atoms with van der Waals surface area (Å²) in [4.78, 5) is 27.1. The third-order valence-electron chi connectivity index (χ3n) is 4.59. The van der Waals surface area contributed by atoms with E-state index < -0.39 is 11.7 Å². The molecule has 2 N–H and O–H groups in total. The summed E-state index contributed by atoms with van der Waals surface area (Å²) in [6, 6.07) is 3.56. The fraction of sp³-hybridized carbons (Fsp3) is 0.529. The number of rotatable bonds is 4. The number of nitrogens with zero attached hydrogens (tertiary/aromatic N) is 2. The maximum Gasteiger partial charge on any atom is 0.416 e. The number of benzene rings is 1. The first kappa shape index (κ1) is 18.3. The van der Waals surface area contributed by atoms with Crippen LogP contribution in [0.2, 0.25) is 0 Å². The molecule has 6 nitrogen and oxygen atoms in total. The van der Waals surface area contributed by atoms with Crippen LogP contribution < -0.4 is 15.5 Å². The topological polar surface area (TPSA) is 64.7 Å². The summed E-state index contributed by atoms with van der Waals surface area (Å²) in [5.41, 5.74) is 0.198. The molecule has 2 fully saturated rings. The summed E-state index contributed by atoms with van der Waals surface area (Å²) >= 11 is 0. The molecule has 0 saturated carbocycles. The van der Waals surface area contributed by atoms with E-state index in [0.717, 1.165) is 38.1 Å². The molecule has 1 aromatic carbocycles. The Kier molecular flexibility index (Phi) is 5.24. The van der Waals surface area contributed by atoms with E-state index in [4.69, 9.17) is 0 Å². The van der Waals surface area contributed by atoms with E-state index in [9.17, 15) is 22.8 Å². The first-order valence-electron chi connectivity index (χ1n) is 8.59. The van der Waals surface area contributed by atoms with Gasteiger partial charge in [-0.25, -0.2) is 0 Å². The molecule has 2 heterocycles. The highest BCUT2D eigenvalue weighted by Gasteiger charge is 2.32. The number of carbonyl (C=O) groups excluding carboxylic acids is 2. The van der Waals surface area contributed by atoms with Gasteiger partial charge in [-0.05, 0) is 31.0 Å². The van der Waals surface area contributed by atoms with E-state index in [2.05, 4.69) is 10.6 Å². The van der Waals surface area contributed by atoms with Crippen molar-refractivity contribution in [2.75, 3.05) is 49.5 Å². The zero-order valence-corrected chi connectivity index (χ0v) is 14.2. The maximum atomic E-state index is 13.0. The predicted octanol–water partition coefficient (Wildman–Crippen LogP) is 1.68. The van der Waals surface area contributed by atoms with Gasteiger partial charge in [-0.1, -0.05) is 0 Å². The number of alkyl halides is 3. The van der Waals surface area contributed by atoms with Crippen LogP contribution >= 0.6 is 0 Å². The molecule has 142 valence electrons. The molecule has 26 heavy (non-hydrogen) atoms. The van der Waals surface area contributed by atoms with Crippen molar-refractivity contribution < 1.29 is 22.8 Å². The number of hydrogen-bond donors (Lipinski definition) is 2. The second-order valence-corrected chi connectivity index (χ2v) is 6.44. The van der Waals surface area contributed by atoms with E-state index in [1.54, 1.807) is 0 Å². The number of carbonyl (C=O) groups is 2. The lowest BCUT2D eigenvalue weighted by Gasteiger charge is -2.28. The summed E-state index contributed by atoms with van der Waals surface area (Å²) in [6.07, 6.45) is -2.47. The fourth-order valence-corrected chi connectivity index (χ4v) is 3.22. The molecule has 2 amide bonds. The van der Waals surface area contributed by atoms with Crippen LogP contribution in [0.1, 0.15) is 18.4 Å². The lowest BCUT2D eigenvalue weighted by atomic mass is 10.1. The molecule has 2 aliphatic rings.